The molecule has 3 heteroatoms. The van der Waals surface area contributed by atoms with E-state index in [4.69, 9.17) is 0 Å². The molecule has 1 amide bonds. The van der Waals surface area contributed by atoms with Gasteiger partial charge in [0.25, 0.3) is 0 Å². The fraction of sp³-hybridized carbons (Fsp3) is 0.929. The second kappa shape index (κ2) is 5.85. The zero-order chi connectivity index (χ0) is 12.3. The minimum absolute atomic E-state index is 0.390. The molecular weight excluding hydrogens is 212 g/mol. The van der Waals surface area contributed by atoms with Crippen LogP contribution < -0.4 is 5.32 Å². The zero-order valence-corrected chi connectivity index (χ0v) is 11.2. The van der Waals surface area contributed by atoms with Crippen LogP contribution in [0.1, 0.15) is 39.5 Å². The number of carbonyl (C=O) groups is 1. The summed E-state index contributed by atoms with van der Waals surface area (Å²) in [6, 6.07) is 0. The molecule has 0 radical (unpaired) electrons. The van der Waals surface area contributed by atoms with Crippen molar-refractivity contribution in [2.75, 3.05) is 26.2 Å². The van der Waals surface area contributed by atoms with E-state index in [1.807, 2.05) is 0 Å². The van der Waals surface area contributed by atoms with E-state index in [-0.39, 0.29) is 0 Å². The van der Waals surface area contributed by atoms with Gasteiger partial charge in [0.2, 0.25) is 5.91 Å². The number of nitrogens with one attached hydrogen (secondary N) is 1. The maximum absolute atomic E-state index is 12.1. The minimum Gasteiger partial charge on any atom is -0.343 e. The molecule has 1 unspecified atom stereocenters. The van der Waals surface area contributed by atoms with Gasteiger partial charge in [-0.15, -0.1) is 0 Å². The molecule has 2 rings (SSSR count). The number of amides is 1. The molecule has 0 saturated carbocycles. The summed E-state index contributed by atoms with van der Waals surface area (Å²) in [5.74, 6) is 2.57. The Bertz CT molecular complexity index is 251. The van der Waals surface area contributed by atoms with Crippen LogP contribution in [0.4, 0.5) is 0 Å². The fourth-order valence-electron chi connectivity index (χ4n) is 3.08. The Morgan fingerprint density at radius 1 is 1.29 bits per heavy atom. The first kappa shape index (κ1) is 12.9. The highest BCUT2D eigenvalue weighted by atomic mass is 16.2. The largest absolute Gasteiger partial charge is 0.343 e. The van der Waals surface area contributed by atoms with Crippen LogP contribution in [0.2, 0.25) is 0 Å². The summed E-state index contributed by atoms with van der Waals surface area (Å²) in [6.45, 7) is 8.70. The SMILES string of the molecule is CC(C)C1CCN(C(=O)CC2CCNC2)CC1. The molecule has 1 N–H and O–H groups in total. The van der Waals surface area contributed by atoms with Gasteiger partial charge in [0.1, 0.15) is 0 Å². The Morgan fingerprint density at radius 2 is 2.00 bits per heavy atom. The van der Waals surface area contributed by atoms with E-state index in [0.717, 1.165) is 44.4 Å². The van der Waals surface area contributed by atoms with Crippen LogP contribution in [0.25, 0.3) is 0 Å². The Morgan fingerprint density at radius 3 is 2.53 bits per heavy atom. The van der Waals surface area contributed by atoms with Crippen molar-refractivity contribution in [2.45, 2.75) is 39.5 Å². The maximum atomic E-state index is 12.1. The third-order valence-corrected chi connectivity index (χ3v) is 4.46. The molecule has 2 heterocycles. The average Bonchev–Trinajstić information content (AvgIpc) is 2.82. The van der Waals surface area contributed by atoms with Gasteiger partial charge in [0, 0.05) is 19.5 Å². The first-order valence-corrected chi connectivity index (χ1v) is 7.15. The highest BCUT2D eigenvalue weighted by Crippen LogP contribution is 2.25. The van der Waals surface area contributed by atoms with Crippen molar-refractivity contribution in [3.05, 3.63) is 0 Å². The van der Waals surface area contributed by atoms with Gasteiger partial charge in [-0.2, -0.15) is 0 Å². The molecule has 98 valence electrons. The number of nitrogens with zero attached hydrogens (tertiary/aromatic N) is 1. The Hall–Kier alpha value is -0.570. The molecule has 2 aliphatic rings. The minimum atomic E-state index is 0.390. The van der Waals surface area contributed by atoms with Crippen molar-refractivity contribution in [3.63, 3.8) is 0 Å². The number of rotatable bonds is 3. The summed E-state index contributed by atoms with van der Waals surface area (Å²) < 4.78 is 0. The van der Waals surface area contributed by atoms with E-state index in [1.165, 1.54) is 19.3 Å². The molecule has 17 heavy (non-hydrogen) atoms. The lowest BCUT2D eigenvalue weighted by atomic mass is 9.86. The third-order valence-electron chi connectivity index (χ3n) is 4.46. The first-order valence-electron chi connectivity index (χ1n) is 7.15. The number of hydrogen-bond donors (Lipinski definition) is 1. The molecule has 2 saturated heterocycles. The highest BCUT2D eigenvalue weighted by molar-refractivity contribution is 5.76. The molecule has 0 aromatic heterocycles. The van der Waals surface area contributed by atoms with Crippen LogP contribution in [0.5, 0.6) is 0 Å². The van der Waals surface area contributed by atoms with Crippen LogP contribution in [0, 0.1) is 17.8 Å². The standard InChI is InChI=1S/C14H26N2O/c1-11(2)13-4-7-16(8-5-13)14(17)9-12-3-6-15-10-12/h11-13,15H,3-10H2,1-2H3. The zero-order valence-electron chi connectivity index (χ0n) is 11.2. The number of piperidine rings is 1. The molecule has 1 atom stereocenters. The number of carbonyl (C=O) groups excluding carboxylic acids is 1. The van der Waals surface area contributed by atoms with E-state index < -0.39 is 0 Å². The summed E-state index contributed by atoms with van der Waals surface area (Å²) in [6.07, 6.45) is 4.34. The highest BCUT2D eigenvalue weighted by Gasteiger charge is 2.26. The van der Waals surface area contributed by atoms with Gasteiger partial charge in [-0.1, -0.05) is 13.8 Å². The molecule has 0 bridgehead atoms. The van der Waals surface area contributed by atoms with E-state index in [9.17, 15) is 4.79 Å². The topological polar surface area (TPSA) is 32.3 Å². The predicted octanol–water partition coefficient (Wildman–Crippen LogP) is 1.88. The lowest BCUT2D eigenvalue weighted by Crippen LogP contribution is -2.40. The monoisotopic (exact) mass is 238 g/mol. The van der Waals surface area contributed by atoms with E-state index in [0.29, 0.717) is 11.8 Å². The molecule has 0 aromatic carbocycles. The van der Waals surface area contributed by atoms with Crippen molar-refractivity contribution in [1.82, 2.24) is 10.2 Å². The van der Waals surface area contributed by atoms with Crippen molar-refractivity contribution < 1.29 is 4.79 Å². The van der Waals surface area contributed by atoms with Crippen LogP contribution >= 0.6 is 0 Å². The number of likely N-dealkylation sites (tertiary alicyclic amines) is 1. The Balaban J connectivity index is 1.74. The normalized spacial score (nSPS) is 26.8. The summed E-state index contributed by atoms with van der Waals surface area (Å²) >= 11 is 0. The Labute approximate surface area is 105 Å². The van der Waals surface area contributed by atoms with Gasteiger partial charge >= 0.3 is 0 Å². The quantitative estimate of drug-likeness (QED) is 0.814. The fourth-order valence-corrected chi connectivity index (χ4v) is 3.08. The summed E-state index contributed by atoms with van der Waals surface area (Å²) in [5.41, 5.74) is 0. The van der Waals surface area contributed by atoms with E-state index >= 15 is 0 Å². The smallest absolute Gasteiger partial charge is 0.222 e. The molecule has 0 aromatic rings. The molecule has 0 spiro atoms. The third kappa shape index (κ3) is 3.44. The van der Waals surface area contributed by atoms with Gasteiger partial charge in [-0.05, 0) is 50.1 Å². The van der Waals surface area contributed by atoms with Crippen LogP contribution in [-0.4, -0.2) is 37.0 Å². The number of hydrogen-bond acceptors (Lipinski definition) is 2. The molecule has 0 aliphatic carbocycles. The van der Waals surface area contributed by atoms with Crippen molar-refractivity contribution in [1.29, 1.82) is 0 Å². The van der Waals surface area contributed by atoms with Crippen molar-refractivity contribution >= 4 is 5.91 Å². The predicted molar refractivity (Wildman–Crippen MR) is 69.7 cm³/mol. The van der Waals surface area contributed by atoms with Gasteiger partial charge in [-0.3, -0.25) is 4.79 Å². The Kier molecular flexibility index (Phi) is 4.43. The maximum Gasteiger partial charge on any atom is 0.222 e. The lowest BCUT2D eigenvalue weighted by molar-refractivity contribution is -0.133. The summed E-state index contributed by atoms with van der Waals surface area (Å²) in [7, 11) is 0. The lowest BCUT2D eigenvalue weighted by Gasteiger charge is -2.34. The van der Waals surface area contributed by atoms with Crippen molar-refractivity contribution in [2.24, 2.45) is 17.8 Å². The first-order chi connectivity index (χ1) is 8.16. The van der Waals surface area contributed by atoms with Gasteiger partial charge < -0.3 is 10.2 Å². The summed E-state index contributed by atoms with van der Waals surface area (Å²) in [4.78, 5) is 14.2. The van der Waals surface area contributed by atoms with Gasteiger partial charge in [0.05, 0.1) is 0 Å². The molecule has 2 aliphatic heterocycles. The van der Waals surface area contributed by atoms with E-state index in [2.05, 4.69) is 24.1 Å². The van der Waals surface area contributed by atoms with Crippen molar-refractivity contribution in [3.8, 4) is 0 Å². The van der Waals surface area contributed by atoms with E-state index in [1.54, 1.807) is 0 Å². The summed E-state index contributed by atoms with van der Waals surface area (Å²) in [5, 5.41) is 3.33. The van der Waals surface area contributed by atoms with Gasteiger partial charge in [-0.25, -0.2) is 0 Å². The van der Waals surface area contributed by atoms with Crippen LogP contribution in [-0.2, 0) is 4.79 Å². The molecule has 3 nitrogen and oxygen atoms in total. The molecular formula is C14H26N2O. The second-order valence-electron chi connectivity index (χ2n) is 6.03. The van der Waals surface area contributed by atoms with Crippen LogP contribution in [0.15, 0.2) is 0 Å². The second-order valence-corrected chi connectivity index (χ2v) is 6.03. The molecule has 2 fully saturated rings. The van der Waals surface area contributed by atoms with Gasteiger partial charge in [0.15, 0.2) is 0 Å². The average molecular weight is 238 g/mol. The van der Waals surface area contributed by atoms with Crippen LogP contribution in [0.3, 0.4) is 0 Å².